The van der Waals surface area contributed by atoms with Crippen LogP contribution < -0.4 is 20.9 Å². The number of nitrogens with one attached hydrogen (secondary N) is 3. The summed E-state index contributed by atoms with van der Waals surface area (Å²) in [5, 5.41) is 4.38. The maximum Gasteiger partial charge on any atom is 0.241 e. The maximum atomic E-state index is 13.1. The van der Waals surface area contributed by atoms with Crippen LogP contribution in [0.4, 0.5) is 0 Å². The zero-order chi connectivity index (χ0) is 18.1. The molecule has 3 aliphatic rings. The van der Waals surface area contributed by atoms with Gasteiger partial charge in [-0.3, -0.25) is 10.2 Å². The summed E-state index contributed by atoms with van der Waals surface area (Å²) < 4.78 is 6.06. The van der Waals surface area contributed by atoms with Crippen LogP contribution in [-0.4, -0.2) is 55.2 Å². The van der Waals surface area contributed by atoms with Crippen molar-refractivity contribution >= 4 is 29.1 Å². The molecule has 3 saturated heterocycles. The molecule has 0 saturated carbocycles. The third-order valence-electron chi connectivity index (χ3n) is 5.53. The van der Waals surface area contributed by atoms with Crippen molar-refractivity contribution < 1.29 is 9.53 Å². The van der Waals surface area contributed by atoms with E-state index < -0.39 is 0 Å². The Labute approximate surface area is 163 Å². The lowest BCUT2D eigenvalue weighted by Crippen LogP contribution is -2.54. The predicted octanol–water partition coefficient (Wildman–Crippen LogP) is 1.82. The van der Waals surface area contributed by atoms with Crippen molar-refractivity contribution in [3.05, 3.63) is 28.2 Å². The summed E-state index contributed by atoms with van der Waals surface area (Å²) >= 11 is 12.0. The van der Waals surface area contributed by atoms with Gasteiger partial charge in [0.15, 0.2) is 0 Å². The van der Waals surface area contributed by atoms with Crippen LogP contribution >= 0.6 is 23.2 Å². The van der Waals surface area contributed by atoms with Gasteiger partial charge in [-0.15, -0.1) is 0 Å². The average molecular weight is 399 g/mol. The van der Waals surface area contributed by atoms with Crippen molar-refractivity contribution in [2.45, 2.75) is 37.5 Å². The van der Waals surface area contributed by atoms with Crippen LogP contribution in [-0.2, 0) is 4.79 Å². The molecule has 0 bridgehead atoms. The van der Waals surface area contributed by atoms with E-state index in [4.69, 9.17) is 27.9 Å². The lowest BCUT2D eigenvalue weighted by atomic mass is 9.88. The van der Waals surface area contributed by atoms with Gasteiger partial charge in [-0.2, -0.15) is 0 Å². The van der Waals surface area contributed by atoms with Gasteiger partial charge in [0.2, 0.25) is 5.91 Å². The zero-order valence-electron chi connectivity index (χ0n) is 14.5. The van der Waals surface area contributed by atoms with Crippen LogP contribution in [0.2, 0.25) is 10.0 Å². The van der Waals surface area contributed by atoms with Gasteiger partial charge < -0.3 is 15.0 Å². The Morgan fingerprint density at radius 2 is 2.08 bits per heavy atom. The molecule has 0 radical (unpaired) electrons. The SMILES string of the molecule is O=C(C1NNC2CCNCC21)N1CCCC(Oc2ccc(Cl)c(Cl)c2)C1. The van der Waals surface area contributed by atoms with E-state index in [1.54, 1.807) is 12.1 Å². The van der Waals surface area contributed by atoms with Crippen LogP contribution in [0.1, 0.15) is 19.3 Å². The van der Waals surface area contributed by atoms with E-state index in [0.29, 0.717) is 34.3 Å². The molecular weight excluding hydrogens is 375 g/mol. The summed E-state index contributed by atoms with van der Waals surface area (Å²) in [6, 6.07) is 5.48. The van der Waals surface area contributed by atoms with E-state index in [0.717, 1.165) is 38.9 Å². The third-order valence-corrected chi connectivity index (χ3v) is 6.27. The van der Waals surface area contributed by atoms with Crippen molar-refractivity contribution in [3.63, 3.8) is 0 Å². The molecule has 4 atom stereocenters. The van der Waals surface area contributed by atoms with E-state index in [-0.39, 0.29) is 18.1 Å². The Balaban J connectivity index is 1.38. The maximum absolute atomic E-state index is 13.1. The molecule has 0 aromatic heterocycles. The molecule has 3 aliphatic heterocycles. The average Bonchev–Trinajstić information content (AvgIpc) is 3.08. The molecule has 1 aromatic rings. The minimum absolute atomic E-state index is 0.0282. The van der Waals surface area contributed by atoms with Crippen LogP contribution in [0.25, 0.3) is 0 Å². The molecule has 1 amide bonds. The molecule has 142 valence electrons. The highest BCUT2D eigenvalue weighted by Gasteiger charge is 2.43. The van der Waals surface area contributed by atoms with Crippen LogP contribution in [0.3, 0.4) is 0 Å². The van der Waals surface area contributed by atoms with Crippen molar-refractivity contribution in [1.82, 2.24) is 21.1 Å². The summed E-state index contributed by atoms with van der Waals surface area (Å²) in [5.41, 5.74) is 6.52. The number of carbonyl (C=O) groups excluding carboxylic acids is 1. The first kappa shape index (κ1) is 18.3. The van der Waals surface area contributed by atoms with Gasteiger partial charge in [0.05, 0.1) is 16.6 Å². The fraction of sp³-hybridized carbons (Fsp3) is 0.611. The first-order chi connectivity index (χ1) is 12.6. The summed E-state index contributed by atoms with van der Waals surface area (Å²) in [7, 11) is 0. The van der Waals surface area contributed by atoms with E-state index in [9.17, 15) is 4.79 Å². The third kappa shape index (κ3) is 3.80. The number of amides is 1. The molecule has 8 heteroatoms. The first-order valence-corrected chi connectivity index (χ1v) is 9.99. The lowest BCUT2D eigenvalue weighted by molar-refractivity contribution is -0.136. The quantitative estimate of drug-likeness (QED) is 0.724. The Morgan fingerprint density at radius 1 is 1.19 bits per heavy atom. The van der Waals surface area contributed by atoms with Crippen molar-refractivity contribution in [3.8, 4) is 5.75 Å². The van der Waals surface area contributed by atoms with Gasteiger partial charge >= 0.3 is 0 Å². The molecule has 4 rings (SSSR count). The Hall–Kier alpha value is -1.05. The first-order valence-electron chi connectivity index (χ1n) is 9.24. The molecule has 1 aromatic carbocycles. The van der Waals surface area contributed by atoms with Crippen LogP contribution in [0.5, 0.6) is 5.75 Å². The number of benzene rings is 1. The number of rotatable bonds is 3. The summed E-state index contributed by atoms with van der Waals surface area (Å²) in [6.07, 6.45) is 2.88. The number of hydrazine groups is 1. The largest absolute Gasteiger partial charge is 0.489 e. The van der Waals surface area contributed by atoms with Gasteiger partial charge in [-0.1, -0.05) is 23.2 Å². The van der Waals surface area contributed by atoms with Gasteiger partial charge in [-0.05, 0) is 37.9 Å². The number of halogens is 2. The van der Waals surface area contributed by atoms with Crippen molar-refractivity contribution in [2.24, 2.45) is 5.92 Å². The number of hydrogen-bond donors (Lipinski definition) is 3. The molecule has 3 N–H and O–H groups in total. The van der Waals surface area contributed by atoms with Crippen molar-refractivity contribution in [1.29, 1.82) is 0 Å². The molecular formula is C18H24Cl2N4O2. The van der Waals surface area contributed by atoms with E-state index in [2.05, 4.69) is 16.2 Å². The highest BCUT2D eigenvalue weighted by molar-refractivity contribution is 6.42. The Bertz CT molecular complexity index is 675. The van der Waals surface area contributed by atoms with E-state index >= 15 is 0 Å². The van der Waals surface area contributed by atoms with Gasteiger partial charge in [-0.25, -0.2) is 5.43 Å². The van der Waals surface area contributed by atoms with Crippen LogP contribution in [0, 0.1) is 5.92 Å². The monoisotopic (exact) mass is 398 g/mol. The predicted molar refractivity (Wildman–Crippen MR) is 102 cm³/mol. The molecule has 4 unspecified atom stereocenters. The second-order valence-electron chi connectivity index (χ2n) is 7.27. The highest BCUT2D eigenvalue weighted by Crippen LogP contribution is 2.28. The van der Waals surface area contributed by atoms with Gasteiger partial charge in [0.1, 0.15) is 17.9 Å². The van der Waals surface area contributed by atoms with Crippen LogP contribution in [0.15, 0.2) is 18.2 Å². The zero-order valence-corrected chi connectivity index (χ0v) is 16.0. The Kier molecular flexibility index (Phi) is 5.57. The number of hydrogen-bond acceptors (Lipinski definition) is 5. The van der Waals surface area contributed by atoms with E-state index in [1.807, 2.05) is 11.0 Å². The molecule has 0 aliphatic carbocycles. The highest BCUT2D eigenvalue weighted by atomic mass is 35.5. The summed E-state index contributed by atoms with van der Waals surface area (Å²) in [6.45, 7) is 3.25. The molecule has 3 heterocycles. The number of nitrogens with zero attached hydrogens (tertiary/aromatic N) is 1. The number of fused-ring (bicyclic) bond motifs is 1. The minimum atomic E-state index is -0.170. The molecule has 3 fully saturated rings. The fourth-order valence-corrected chi connectivity index (χ4v) is 4.42. The number of likely N-dealkylation sites (tertiary alicyclic amines) is 1. The molecule has 26 heavy (non-hydrogen) atoms. The molecule has 6 nitrogen and oxygen atoms in total. The summed E-state index contributed by atoms with van der Waals surface area (Å²) in [5.74, 6) is 1.15. The Morgan fingerprint density at radius 3 is 2.92 bits per heavy atom. The van der Waals surface area contributed by atoms with Gasteiger partial charge in [0, 0.05) is 31.1 Å². The van der Waals surface area contributed by atoms with E-state index in [1.165, 1.54) is 0 Å². The molecule has 0 spiro atoms. The smallest absolute Gasteiger partial charge is 0.241 e. The second-order valence-corrected chi connectivity index (χ2v) is 8.09. The lowest BCUT2D eigenvalue weighted by Gasteiger charge is -2.36. The second kappa shape index (κ2) is 7.90. The summed E-state index contributed by atoms with van der Waals surface area (Å²) in [4.78, 5) is 15.0. The number of ether oxygens (including phenoxy) is 1. The fourth-order valence-electron chi connectivity index (χ4n) is 4.13. The number of carbonyl (C=O) groups is 1. The van der Waals surface area contributed by atoms with Gasteiger partial charge in [0.25, 0.3) is 0 Å². The normalized spacial score (nSPS) is 31.5. The van der Waals surface area contributed by atoms with Crippen molar-refractivity contribution in [2.75, 3.05) is 26.2 Å². The standard InChI is InChI=1S/C18H24Cl2N4O2/c19-14-4-3-11(8-15(14)20)26-12-2-1-7-24(10-12)18(25)17-13-9-21-6-5-16(13)22-23-17/h3-4,8,12-13,16-17,21-23H,1-2,5-7,9-10H2. The topological polar surface area (TPSA) is 65.6 Å². The minimum Gasteiger partial charge on any atom is -0.489 e. The number of piperidine rings is 2.